The fourth-order valence-electron chi connectivity index (χ4n) is 2.43. The molecule has 0 saturated heterocycles. The van der Waals surface area contributed by atoms with E-state index >= 15 is 0 Å². The van der Waals surface area contributed by atoms with Crippen LogP contribution in [0, 0.1) is 5.82 Å². The van der Waals surface area contributed by atoms with Crippen LogP contribution in [0.4, 0.5) is 14.0 Å². The van der Waals surface area contributed by atoms with E-state index in [4.69, 9.17) is 9.47 Å². The van der Waals surface area contributed by atoms with Crippen molar-refractivity contribution < 1.29 is 41.4 Å². The third-order valence-corrected chi connectivity index (χ3v) is 4.91. The van der Waals surface area contributed by atoms with Gasteiger partial charge in [0.1, 0.15) is 24.1 Å². The van der Waals surface area contributed by atoms with Gasteiger partial charge in [-0.25, -0.2) is 23.5 Å². The summed E-state index contributed by atoms with van der Waals surface area (Å²) in [5.41, 5.74) is -0.288. The minimum atomic E-state index is -4.11. The highest BCUT2D eigenvalue weighted by Crippen LogP contribution is 2.08. The monoisotopic (exact) mass is 491 g/mol. The molecule has 0 spiro atoms. The minimum Gasteiger partial charge on any atom is -0.467 e. The van der Waals surface area contributed by atoms with Gasteiger partial charge in [0, 0.05) is 6.54 Å². The fraction of sp³-hybridized carbons (Fsp3) is 0.550. The normalized spacial score (nSPS) is 12.4. The zero-order valence-electron chi connectivity index (χ0n) is 19.0. The first-order valence-electron chi connectivity index (χ1n) is 10.1. The van der Waals surface area contributed by atoms with Crippen molar-refractivity contribution >= 4 is 28.4 Å². The molecule has 1 aromatic rings. The molecular weight excluding hydrogens is 461 g/mol. The molecule has 0 aliphatic rings. The van der Waals surface area contributed by atoms with Crippen molar-refractivity contribution in [2.75, 3.05) is 13.7 Å². The van der Waals surface area contributed by atoms with Crippen LogP contribution in [0.1, 0.15) is 45.6 Å². The summed E-state index contributed by atoms with van der Waals surface area (Å²) >= 11 is 0. The summed E-state index contributed by atoms with van der Waals surface area (Å²) in [6.45, 7) is 4.64. The number of hydrogen-bond acceptors (Lipinski definition) is 8. The van der Waals surface area contributed by atoms with E-state index in [1.807, 2.05) is 0 Å². The number of alkyl carbamates (subject to hydrolysis) is 1. The van der Waals surface area contributed by atoms with Crippen molar-refractivity contribution in [3.8, 4) is 0 Å². The van der Waals surface area contributed by atoms with Gasteiger partial charge in [-0.05, 0) is 57.7 Å². The molecule has 0 bridgehead atoms. The number of methoxy groups -OCH3 is 1. The quantitative estimate of drug-likeness (QED) is 0.242. The van der Waals surface area contributed by atoms with Crippen molar-refractivity contribution in [2.45, 2.75) is 58.3 Å². The number of hydrogen-bond donors (Lipinski definition) is 3. The van der Waals surface area contributed by atoms with Gasteiger partial charge >= 0.3 is 28.4 Å². The number of halogens is 1. The first-order valence-corrected chi connectivity index (χ1v) is 11.6. The van der Waals surface area contributed by atoms with Crippen molar-refractivity contribution in [3.05, 3.63) is 35.6 Å². The van der Waals surface area contributed by atoms with Crippen molar-refractivity contribution in [1.29, 1.82) is 0 Å². The van der Waals surface area contributed by atoms with Crippen LogP contribution >= 0.6 is 0 Å². The van der Waals surface area contributed by atoms with Gasteiger partial charge in [0.05, 0.1) is 7.11 Å². The molecule has 0 fully saturated rings. The van der Waals surface area contributed by atoms with Gasteiger partial charge in [-0.15, -0.1) is 0 Å². The van der Waals surface area contributed by atoms with E-state index in [1.54, 1.807) is 25.5 Å². The summed E-state index contributed by atoms with van der Waals surface area (Å²) in [6, 6.07) is 4.36. The molecule has 0 unspecified atom stereocenters. The molecule has 3 N–H and O–H groups in total. The molecule has 11 nitrogen and oxygen atoms in total. The molecule has 0 aliphatic carbocycles. The van der Waals surface area contributed by atoms with Gasteiger partial charge in [0.25, 0.3) is 0 Å². The van der Waals surface area contributed by atoms with E-state index in [1.165, 1.54) is 24.3 Å². The Balaban J connectivity index is 2.41. The van der Waals surface area contributed by atoms with E-state index in [2.05, 4.69) is 14.8 Å². The molecule has 13 heteroatoms. The molecule has 2 amide bonds. The van der Waals surface area contributed by atoms with E-state index in [0.717, 1.165) is 7.11 Å². The van der Waals surface area contributed by atoms with Gasteiger partial charge in [0.15, 0.2) is 0 Å². The lowest BCUT2D eigenvalue weighted by atomic mass is 10.1. The van der Waals surface area contributed by atoms with Crippen LogP contribution in [0.2, 0.25) is 0 Å². The van der Waals surface area contributed by atoms with E-state index in [9.17, 15) is 27.2 Å². The van der Waals surface area contributed by atoms with Gasteiger partial charge in [0.2, 0.25) is 0 Å². The maximum Gasteiger partial charge on any atom is 0.422 e. The number of unbranched alkanes of at least 4 members (excludes halogenated alkanes) is 1. The average molecular weight is 492 g/mol. The Kier molecular flexibility index (Phi) is 11.0. The maximum absolute atomic E-state index is 12.9. The summed E-state index contributed by atoms with van der Waals surface area (Å²) in [5.74, 6) is -1.11. The van der Waals surface area contributed by atoms with Gasteiger partial charge in [-0.2, -0.15) is 13.1 Å². The molecule has 0 radical (unpaired) electrons. The zero-order chi connectivity index (χ0) is 25.1. The second-order valence-electron chi connectivity index (χ2n) is 7.92. The minimum absolute atomic E-state index is 0.0267. The van der Waals surface area contributed by atoms with Crippen LogP contribution < -0.4 is 14.8 Å². The third-order valence-electron chi connectivity index (χ3n) is 3.89. The number of nitrogens with one attached hydrogen (secondary N) is 3. The lowest BCUT2D eigenvalue weighted by Gasteiger charge is -2.19. The molecule has 1 aromatic carbocycles. The molecular formula is C20H30FN3O8S. The Hall–Kier alpha value is -2.93. The Morgan fingerprint density at radius 3 is 2.27 bits per heavy atom. The van der Waals surface area contributed by atoms with Crippen LogP contribution in [0.5, 0.6) is 0 Å². The molecule has 186 valence electrons. The van der Waals surface area contributed by atoms with E-state index in [0.29, 0.717) is 18.4 Å². The molecule has 33 heavy (non-hydrogen) atoms. The Morgan fingerprint density at radius 1 is 1.06 bits per heavy atom. The SMILES string of the molecule is COC(=O)[C@H](CCCCNS(=O)(=O)NC(=O)OC(C)(C)C)NC(=O)OCc1ccc(F)cc1. The standard InChI is InChI=1S/C20H30FN3O8S/c1-20(2,3)32-19(27)24-33(28,29)22-12-6-5-7-16(17(25)30-4)23-18(26)31-13-14-8-10-15(21)11-9-14/h8-11,16,22H,5-7,12-13H2,1-4H3,(H,23,26)(H,24,27)/t16-/m0/s1. The Labute approximate surface area is 192 Å². The predicted octanol–water partition coefficient (Wildman–Crippen LogP) is 2.12. The molecule has 0 aromatic heterocycles. The number of benzene rings is 1. The Bertz CT molecular complexity index is 901. The van der Waals surface area contributed by atoms with Crippen molar-refractivity contribution in [2.24, 2.45) is 0 Å². The van der Waals surface area contributed by atoms with Crippen molar-refractivity contribution in [3.63, 3.8) is 0 Å². The molecule has 0 saturated carbocycles. The zero-order valence-corrected chi connectivity index (χ0v) is 19.8. The highest BCUT2D eigenvalue weighted by Gasteiger charge is 2.23. The second kappa shape index (κ2) is 12.9. The van der Waals surface area contributed by atoms with Gasteiger partial charge in [-0.3, -0.25) is 0 Å². The third kappa shape index (κ3) is 12.6. The lowest BCUT2D eigenvalue weighted by molar-refractivity contribution is -0.143. The lowest BCUT2D eigenvalue weighted by Crippen LogP contribution is -2.43. The highest BCUT2D eigenvalue weighted by atomic mass is 32.2. The first-order chi connectivity index (χ1) is 15.3. The summed E-state index contributed by atoms with van der Waals surface area (Å²) in [7, 11) is -2.95. The predicted molar refractivity (Wildman–Crippen MR) is 116 cm³/mol. The summed E-state index contributed by atoms with van der Waals surface area (Å²) in [6.07, 6.45) is -1.18. The summed E-state index contributed by atoms with van der Waals surface area (Å²) in [5, 5.41) is 2.38. The van der Waals surface area contributed by atoms with Gasteiger partial charge in [-0.1, -0.05) is 12.1 Å². The largest absolute Gasteiger partial charge is 0.467 e. The molecule has 1 atom stereocenters. The Morgan fingerprint density at radius 2 is 1.70 bits per heavy atom. The van der Waals surface area contributed by atoms with E-state index in [-0.39, 0.29) is 19.6 Å². The van der Waals surface area contributed by atoms with Crippen LogP contribution in [0.25, 0.3) is 0 Å². The second-order valence-corrected chi connectivity index (χ2v) is 9.42. The fourth-order valence-corrected chi connectivity index (χ4v) is 3.18. The molecule has 0 aliphatic heterocycles. The number of esters is 1. The molecule has 0 heterocycles. The van der Waals surface area contributed by atoms with E-state index < -0.39 is 45.8 Å². The van der Waals surface area contributed by atoms with Gasteiger partial charge < -0.3 is 19.5 Å². The number of amides is 2. The van der Waals surface area contributed by atoms with Crippen LogP contribution in [0.15, 0.2) is 24.3 Å². The maximum atomic E-state index is 12.9. The van der Waals surface area contributed by atoms with Crippen LogP contribution in [0.3, 0.4) is 0 Å². The topological polar surface area (TPSA) is 149 Å². The number of carbonyl (C=O) groups is 3. The number of ether oxygens (including phenoxy) is 3. The van der Waals surface area contributed by atoms with Crippen molar-refractivity contribution in [1.82, 2.24) is 14.8 Å². The first kappa shape index (κ1) is 28.1. The number of rotatable bonds is 11. The summed E-state index contributed by atoms with van der Waals surface area (Å²) < 4.78 is 55.0. The smallest absolute Gasteiger partial charge is 0.422 e. The number of carbonyl (C=O) groups excluding carboxylic acids is 3. The average Bonchev–Trinajstić information content (AvgIpc) is 2.69. The van der Waals surface area contributed by atoms with Crippen LogP contribution in [-0.4, -0.2) is 51.9 Å². The highest BCUT2D eigenvalue weighted by molar-refractivity contribution is 7.88. The summed E-state index contributed by atoms with van der Waals surface area (Å²) in [4.78, 5) is 35.4. The van der Waals surface area contributed by atoms with Crippen LogP contribution in [-0.2, 0) is 35.8 Å². The molecule has 1 rings (SSSR count).